The lowest BCUT2D eigenvalue weighted by molar-refractivity contribution is 0.0302. The molecule has 2 aromatic rings. The summed E-state index contributed by atoms with van der Waals surface area (Å²) >= 11 is 0. The van der Waals surface area contributed by atoms with E-state index in [0.717, 1.165) is 37.3 Å². The molecule has 28 heavy (non-hydrogen) atoms. The summed E-state index contributed by atoms with van der Waals surface area (Å²) in [6.45, 7) is 3.98. The van der Waals surface area contributed by atoms with Crippen molar-refractivity contribution in [3.63, 3.8) is 0 Å². The van der Waals surface area contributed by atoms with Gasteiger partial charge >= 0.3 is 0 Å². The molecule has 2 aliphatic rings. The van der Waals surface area contributed by atoms with Crippen molar-refractivity contribution >= 4 is 11.7 Å². The van der Waals surface area contributed by atoms with E-state index >= 15 is 0 Å². The fourth-order valence-electron chi connectivity index (χ4n) is 3.99. The molecule has 2 saturated heterocycles. The predicted molar refractivity (Wildman–Crippen MR) is 106 cm³/mol. The van der Waals surface area contributed by atoms with Crippen molar-refractivity contribution in [2.45, 2.75) is 18.3 Å². The fourth-order valence-corrected chi connectivity index (χ4v) is 3.99. The maximum Gasteiger partial charge on any atom is 0.255 e. The van der Waals surface area contributed by atoms with Gasteiger partial charge in [0.2, 0.25) is 0 Å². The van der Waals surface area contributed by atoms with Crippen molar-refractivity contribution in [2.24, 2.45) is 0 Å². The number of amides is 1. The van der Waals surface area contributed by atoms with Crippen LogP contribution in [0.3, 0.4) is 0 Å². The highest BCUT2D eigenvalue weighted by Gasteiger charge is 2.36. The van der Waals surface area contributed by atoms with Crippen LogP contribution < -0.4 is 4.90 Å². The van der Waals surface area contributed by atoms with Gasteiger partial charge < -0.3 is 14.5 Å². The molecule has 1 aromatic heterocycles. The van der Waals surface area contributed by atoms with Gasteiger partial charge in [-0.25, -0.2) is 4.98 Å². The lowest BCUT2D eigenvalue weighted by Gasteiger charge is -2.38. The number of nitriles is 1. The molecule has 0 radical (unpaired) electrons. The largest absolute Gasteiger partial charge is 0.378 e. The standard InChI is InChI=1S/C22H24N4O2/c23-17-22(19-4-2-1-3-5-19)8-10-25(11-9-22)20-7-6-18(16-24-20)21(27)26-12-14-28-15-13-26/h1-7,16H,8-15H2. The van der Waals surface area contributed by atoms with Crippen molar-refractivity contribution in [3.05, 3.63) is 59.8 Å². The number of hydrogen-bond acceptors (Lipinski definition) is 5. The molecule has 0 N–H and O–H groups in total. The molecule has 144 valence electrons. The number of anilines is 1. The van der Waals surface area contributed by atoms with E-state index in [1.54, 1.807) is 6.20 Å². The van der Waals surface area contributed by atoms with Gasteiger partial charge in [0.25, 0.3) is 5.91 Å². The number of benzene rings is 1. The minimum atomic E-state index is -0.427. The average molecular weight is 376 g/mol. The molecule has 2 fully saturated rings. The van der Waals surface area contributed by atoms with E-state index in [9.17, 15) is 10.1 Å². The van der Waals surface area contributed by atoms with E-state index < -0.39 is 5.41 Å². The lowest BCUT2D eigenvalue weighted by Crippen LogP contribution is -2.42. The molecule has 0 saturated carbocycles. The highest BCUT2D eigenvalue weighted by molar-refractivity contribution is 5.94. The molecule has 6 nitrogen and oxygen atoms in total. The summed E-state index contributed by atoms with van der Waals surface area (Å²) in [6.07, 6.45) is 3.20. The Morgan fingerprint density at radius 3 is 2.36 bits per heavy atom. The zero-order valence-electron chi connectivity index (χ0n) is 15.9. The van der Waals surface area contributed by atoms with Crippen LogP contribution in [0.15, 0.2) is 48.7 Å². The normalized spacial score (nSPS) is 19.1. The van der Waals surface area contributed by atoms with Crippen molar-refractivity contribution in [3.8, 4) is 6.07 Å². The summed E-state index contributed by atoms with van der Waals surface area (Å²) < 4.78 is 5.30. The van der Waals surface area contributed by atoms with Crippen molar-refractivity contribution in [2.75, 3.05) is 44.3 Å². The summed E-state index contributed by atoms with van der Waals surface area (Å²) in [6, 6.07) is 16.4. The molecular formula is C22H24N4O2. The summed E-state index contributed by atoms with van der Waals surface area (Å²) in [5.74, 6) is 0.867. The van der Waals surface area contributed by atoms with E-state index in [1.165, 1.54) is 0 Å². The number of pyridine rings is 1. The monoisotopic (exact) mass is 376 g/mol. The first kappa shape index (κ1) is 18.5. The van der Waals surface area contributed by atoms with Gasteiger partial charge in [0.15, 0.2) is 0 Å². The van der Waals surface area contributed by atoms with Crippen molar-refractivity contribution in [1.82, 2.24) is 9.88 Å². The Balaban J connectivity index is 1.42. The van der Waals surface area contributed by atoms with Crippen LogP contribution >= 0.6 is 0 Å². The van der Waals surface area contributed by atoms with Gasteiger partial charge in [-0.2, -0.15) is 5.26 Å². The van der Waals surface area contributed by atoms with E-state index in [4.69, 9.17) is 4.74 Å². The number of hydrogen-bond donors (Lipinski definition) is 0. The smallest absolute Gasteiger partial charge is 0.255 e. The molecule has 3 heterocycles. The molecule has 1 aromatic carbocycles. The third kappa shape index (κ3) is 3.58. The Morgan fingerprint density at radius 2 is 1.75 bits per heavy atom. The van der Waals surface area contributed by atoms with Gasteiger partial charge in [-0.05, 0) is 30.5 Å². The quantitative estimate of drug-likeness (QED) is 0.824. The zero-order valence-corrected chi connectivity index (χ0v) is 15.9. The van der Waals surface area contributed by atoms with E-state index in [2.05, 4.69) is 16.0 Å². The first-order valence-electron chi connectivity index (χ1n) is 9.77. The summed E-state index contributed by atoms with van der Waals surface area (Å²) in [4.78, 5) is 21.1. The molecule has 6 heteroatoms. The van der Waals surface area contributed by atoms with Crippen LogP contribution in [0, 0.1) is 11.3 Å². The van der Waals surface area contributed by atoms with E-state index in [0.29, 0.717) is 31.9 Å². The third-order valence-electron chi connectivity index (χ3n) is 5.77. The third-order valence-corrected chi connectivity index (χ3v) is 5.77. The number of nitrogens with zero attached hydrogens (tertiary/aromatic N) is 4. The number of carbonyl (C=O) groups excluding carboxylic acids is 1. The summed E-state index contributed by atoms with van der Waals surface area (Å²) in [5, 5.41) is 9.84. The molecule has 2 aliphatic heterocycles. The van der Waals surface area contributed by atoms with Gasteiger partial charge in [0.1, 0.15) is 5.82 Å². The van der Waals surface area contributed by atoms with Gasteiger partial charge in [-0.1, -0.05) is 30.3 Å². The number of rotatable bonds is 3. The van der Waals surface area contributed by atoms with E-state index in [1.807, 2.05) is 47.4 Å². The second kappa shape index (κ2) is 7.99. The minimum Gasteiger partial charge on any atom is -0.378 e. The number of ether oxygens (including phenoxy) is 1. The van der Waals surface area contributed by atoms with Crippen LogP contribution in [-0.4, -0.2) is 55.2 Å². The highest BCUT2D eigenvalue weighted by atomic mass is 16.5. The second-order valence-electron chi connectivity index (χ2n) is 7.36. The van der Waals surface area contributed by atoms with Crippen LogP contribution in [0.25, 0.3) is 0 Å². The maximum atomic E-state index is 12.5. The van der Waals surface area contributed by atoms with Gasteiger partial charge in [0.05, 0.1) is 30.3 Å². The second-order valence-corrected chi connectivity index (χ2v) is 7.36. The van der Waals surface area contributed by atoms with Gasteiger partial charge in [0, 0.05) is 32.4 Å². The molecular weight excluding hydrogens is 352 g/mol. The lowest BCUT2D eigenvalue weighted by atomic mass is 9.74. The number of carbonyl (C=O) groups is 1. The van der Waals surface area contributed by atoms with Crippen LogP contribution in [0.4, 0.5) is 5.82 Å². The molecule has 0 aliphatic carbocycles. The Labute approximate surface area is 165 Å². The van der Waals surface area contributed by atoms with Crippen molar-refractivity contribution < 1.29 is 9.53 Å². The highest BCUT2D eigenvalue weighted by Crippen LogP contribution is 2.35. The van der Waals surface area contributed by atoms with Crippen LogP contribution in [0.2, 0.25) is 0 Å². The maximum absolute atomic E-state index is 12.5. The Morgan fingerprint density at radius 1 is 1.04 bits per heavy atom. The van der Waals surface area contributed by atoms with Gasteiger partial charge in [-0.15, -0.1) is 0 Å². The van der Waals surface area contributed by atoms with Gasteiger partial charge in [-0.3, -0.25) is 4.79 Å². The molecule has 0 atom stereocenters. The van der Waals surface area contributed by atoms with E-state index in [-0.39, 0.29) is 5.91 Å². The molecule has 0 unspecified atom stereocenters. The van der Waals surface area contributed by atoms with Crippen LogP contribution in [0.1, 0.15) is 28.8 Å². The molecule has 0 spiro atoms. The fraction of sp³-hybridized carbons (Fsp3) is 0.409. The molecule has 0 bridgehead atoms. The number of piperidine rings is 1. The first-order chi connectivity index (χ1) is 13.7. The summed E-state index contributed by atoms with van der Waals surface area (Å²) in [7, 11) is 0. The Kier molecular flexibility index (Phi) is 5.27. The first-order valence-corrected chi connectivity index (χ1v) is 9.77. The number of aromatic nitrogens is 1. The minimum absolute atomic E-state index is 0.00793. The van der Waals surface area contributed by atoms with Crippen LogP contribution in [-0.2, 0) is 10.2 Å². The molecule has 1 amide bonds. The topological polar surface area (TPSA) is 69.5 Å². The Bertz CT molecular complexity index is 846. The predicted octanol–water partition coefficient (Wildman–Crippen LogP) is 2.62. The number of morpholine rings is 1. The zero-order chi connectivity index (χ0) is 19.4. The SMILES string of the molecule is N#CC1(c2ccccc2)CCN(c2ccc(C(=O)N3CCOCC3)cn2)CC1. The Hall–Kier alpha value is -2.91. The molecule has 4 rings (SSSR count). The van der Waals surface area contributed by atoms with Crippen LogP contribution in [0.5, 0.6) is 0 Å². The van der Waals surface area contributed by atoms with Crippen molar-refractivity contribution in [1.29, 1.82) is 5.26 Å². The average Bonchev–Trinajstić information content (AvgIpc) is 2.80. The summed E-state index contributed by atoms with van der Waals surface area (Å²) in [5.41, 5.74) is 1.28.